The summed E-state index contributed by atoms with van der Waals surface area (Å²) in [5.74, 6) is 0.611. The summed E-state index contributed by atoms with van der Waals surface area (Å²) in [4.78, 5) is 30.0. The number of hydrogen-bond donors (Lipinski definition) is 1. The Labute approximate surface area is 151 Å². The molecule has 26 heavy (non-hydrogen) atoms. The lowest BCUT2D eigenvalue weighted by Gasteiger charge is -2.33. The molecule has 0 aliphatic heterocycles. The summed E-state index contributed by atoms with van der Waals surface area (Å²) in [7, 11) is 0. The highest BCUT2D eigenvalue weighted by Crippen LogP contribution is 2.30. The van der Waals surface area contributed by atoms with Crippen molar-refractivity contribution in [2.24, 2.45) is 0 Å². The first kappa shape index (κ1) is 19.1. The fourth-order valence-electron chi connectivity index (χ4n) is 2.34. The van der Waals surface area contributed by atoms with E-state index in [-0.39, 0.29) is 6.61 Å². The van der Waals surface area contributed by atoms with Gasteiger partial charge in [0.05, 0.1) is 0 Å². The van der Waals surface area contributed by atoms with Crippen LogP contribution in [0.2, 0.25) is 0 Å². The zero-order chi connectivity index (χ0) is 19.0. The second-order valence-electron chi connectivity index (χ2n) is 6.00. The van der Waals surface area contributed by atoms with Gasteiger partial charge < -0.3 is 14.6 Å². The first-order valence-electron chi connectivity index (χ1n) is 7.91. The SMILES string of the molecule is CC(C)(c1ccccc1)C(COc1ccccc1)OC(=O)OOC(=O)O. The predicted molar refractivity (Wildman–Crippen MR) is 91.9 cm³/mol. The predicted octanol–water partition coefficient (Wildman–Crippen LogP) is 4.17. The molecule has 0 radical (unpaired) electrons. The van der Waals surface area contributed by atoms with Gasteiger partial charge in [-0.25, -0.2) is 9.68 Å². The number of carboxylic acid groups (broad SMARTS) is 1. The lowest BCUT2D eigenvalue weighted by molar-refractivity contribution is -0.220. The second kappa shape index (κ2) is 8.75. The molecule has 1 unspecified atom stereocenters. The minimum Gasteiger partial charge on any atom is -0.490 e. The van der Waals surface area contributed by atoms with Crippen LogP contribution in [0.5, 0.6) is 5.75 Å². The molecule has 0 saturated heterocycles. The largest absolute Gasteiger partial charge is 0.550 e. The van der Waals surface area contributed by atoms with Crippen molar-refractivity contribution in [2.75, 3.05) is 6.61 Å². The number of benzene rings is 2. The molecule has 1 atom stereocenters. The Bertz CT molecular complexity index is 713. The lowest BCUT2D eigenvalue weighted by Crippen LogP contribution is -2.42. The summed E-state index contributed by atoms with van der Waals surface area (Å²) in [5.41, 5.74) is 0.270. The number of carbonyl (C=O) groups excluding carboxylic acids is 1. The van der Waals surface area contributed by atoms with E-state index in [2.05, 4.69) is 9.78 Å². The third-order valence-corrected chi connectivity index (χ3v) is 3.89. The van der Waals surface area contributed by atoms with Crippen LogP contribution in [0.4, 0.5) is 9.59 Å². The minimum absolute atomic E-state index is 0.0358. The normalized spacial score (nSPS) is 11.9. The molecule has 1 N–H and O–H groups in total. The average molecular weight is 360 g/mol. The Morgan fingerprint density at radius 1 is 0.962 bits per heavy atom. The Morgan fingerprint density at radius 3 is 2.12 bits per heavy atom. The van der Waals surface area contributed by atoms with Gasteiger partial charge in [0.1, 0.15) is 18.5 Å². The maximum atomic E-state index is 11.8. The second-order valence-corrected chi connectivity index (χ2v) is 6.00. The average Bonchev–Trinajstić information content (AvgIpc) is 2.64. The first-order chi connectivity index (χ1) is 12.4. The fourth-order valence-corrected chi connectivity index (χ4v) is 2.34. The molecule has 0 bridgehead atoms. The van der Waals surface area contributed by atoms with Crippen molar-refractivity contribution >= 4 is 12.3 Å². The Hall–Kier alpha value is -3.22. The molecule has 2 rings (SSSR count). The van der Waals surface area contributed by atoms with E-state index >= 15 is 0 Å². The number of ether oxygens (including phenoxy) is 2. The Kier molecular flexibility index (Phi) is 6.43. The molecule has 0 fully saturated rings. The molecule has 2 aromatic carbocycles. The quantitative estimate of drug-likeness (QED) is 0.469. The minimum atomic E-state index is -1.75. The number of hydrogen-bond acceptors (Lipinski definition) is 6. The van der Waals surface area contributed by atoms with E-state index in [1.54, 1.807) is 12.1 Å². The van der Waals surface area contributed by atoms with E-state index in [0.29, 0.717) is 5.75 Å². The van der Waals surface area contributed by atoms with Crippen molar-refractivity contribution < 1.29 is 33.9 Å². The molecular weight excluding hydrogens is 340 g/mol. The third kappa shape index (κ3) is 5.41. The lowest BCUT2D eigenvalue weighted by atomic mass is 9.79. The van der Waals surface area contributed by atoms with Gasteiger partial charge in [-0.05, 0) is 17.7 Å². The maximum absolute atomic E-state index is 11.8. The molecule has 0 aromatic heterocycles. The Morgan fingerprint density at radius 2 is 1.54 bits per heavy atom. The van der Waals surface area contributed by atoms with Gasteiger partial charge in [0, 0.05) is 5.41 Å². The van der Waals surface area contributed by atoms with E-state index < -0.39 is 23.8 Å². The molecule has 0 aliphatic carbocycles. The van der Waals surface area contributed by atoms with Crippen LogP contribution in [0, 0.1) is 0 Å². The van der Waals surface area contributed by atoms with Crippen molar-refractivity contribution in [3.63, 3.8) is 0 Å². The van der Waals surface area contributed by atoms with Crippen LogP contribution in [0.15, 0.2) is 60.7 Å². The highest BCUT2D eigenvalue weighted by Gasteiger charge is 2.36. The van der Waals surface area contributed by atoms with Gasteiger partial charge in [-0.3, -0.25) is 0 Å². The fraction of sp³-hybridized carbons (Fsp3) is 0.263. The van der Waals surface area contributed by atoms with E-state index in [4.69, 9.17) is 14.6 Å². The summed E-state index contributed by atoms with van der Waals surface area (Å²) in [6.07, 6.45) is -3.78. The molecule has 7 heteroatoms. The standard InChI is InChI=1S/C19H20O7/c1-19(2,14-9-5-3-6-10-14)16(24-18(22)26-25-17(20)21)13-23-15-11-7-4-8-12-15/h3-12,16H,13H2,1-2H3,(H,20,21). The van der Waals surface area contributed by atoms with E-state index in [9.17, 15) is 9.59 Å². The van der Waals surface area contributed by atoms with Crippen molar-refractivity contribution in [1.29, 1.82) is 0 Å². The molecule has 2 aromatic rings. The van der Waals surface area contributed by atoms with Crippen molar-refractivity contribution in [2.45, 2.75) is 25.4 Å². The van der Waals surface area contributed by atoms with Gasteiger partial charge in [0.15, 0.2) is 0 Å². The van der Waals surface area contributed by atoms with E-state index in [0.717, 1.165) is 5.56 Å². The zero-order valence-corrected chi connectivity index (χ0v) is 14.5. The van der Waals surface area contributed by atoms with E-state index in [1.807, 2.05) is 62.4 Å². The highest BCUT2D eigenvalue weighted by molar-refractivity contribution is 5.62. The molecule has 0 aliphatic rings. The summed E-state index contributed by atoms with van der Waals surface area (Å²) < 4.78 is 11.0. The van der Waals surface area contributed by atoms with Crippen LogP contribution >= 0.6 is 0 Å². The van der Waals surface area contributed by atoms with Crippen LogP contribution in [0.1, 0.15) is 19.4 Å². The van der Waals surface area contributed by atoms with Gasteiger partial charge in [-0.1, -0.05) is 62.4 Å². The molecule has 138 valence electrons. The van der Waals surface area contributed by atoms with E-state index in [1.165, 1.54) is 0 Å². The van der Waals surface area contributed by atoms with Crippen molar-refractivity contribution in [1.82, 2.24) is 0 Å². The van der Waals surface area contributed by atoms with Gasteiger partial charge in [-0.2, -0.15) is 9.68 Å². The van der Waals surface area contributed by atoms with Gasteiger partial charge in [0.2, 0.25) is 0 Å². The number of carbonyl (C=O) groups is 2. The van der Waals surface area contributed by atoms with Gasteiger partial charge in [-0.15, -0.1) is 0 Å². The van der Waals surface area contributed by atoms with Crippen LogP contribution in [0.25, 0.3) is 0 Å². The van der Waals surface area contributed by atoms with Crippen LogP contribution in [0.3, 0.4) is 0 Å². The molecule has 0 heterocycles. The summed E-state index contributed by atoms with van der Waals surface area (Å²) in [6.45, 7) is 3.80. The van der Waals surface area contributed by atoms with Crippen molar-refractivity contribution in [3.05, 3.63) is 66.2 Å². The van der Waals surface area contributed by atoms with Gasteiger partial charge in [0.25, 0.3) is 0 Å². The summed E-state index contributed by atoms with van der Waals surface area (Å²) in [5, 5.41) is 8.41. The van der Waals surface area contributed by atoms with Crippen molar-refractivity contribution in [3.8, 4) is 5.75 Å². The monoisotopic (exact) mass is 360 g/mol. The van der Waals surface area contributed by atoms with Crippen LogP contribution < -0.4 is 4.74 Å². The molecule has 0 amide bonds. The highest BCUT2D eigenvalue weighted by atomic mass is 17.3. The summed E-state index contributed by atoms with van der Waals surface area (Å²) >= 11 is 0. The Balaban J connectivity index is 2.14. The van der Waals surface area contributed by atoms with Gasteiger partial charge >= 0.3 is 12.3 Å². The molecule has 0 spiro atoms. The number of rotatable bonds is 6. The zero-order valence-electron chi connectivity index (χ0n) is 14.5. The number of para-hydroxylation sites is 1. The summed E-state index contributed by atoms with van der Waals surface area (Å²) in [6, 6.07) is 18.5. The topological polar surface area (TPSA) is 91.3 Å². The molecule has 0 saturated carbocycles. The van der Waals surface area contributed by atoms with Crippen LogP contribution in [-0.4, -0.2) is 30.1 Å². The maximum Gasteiger partial charge on any atom is 0.550 e. The molecular formula is C19H20O7. The third-order valence-electron chi connectivity index (χ3n) is 3.89. The smallest absolute Gasteiger partial charge is 0.490 e. The molecule has 7 nitrogen and oxygen atoms in total. The van der Waals surface area contributed by atoms with Crippen LogP contribution in [-0.2, 0) is 19.9 Å². The first-order valence-corrected chi connectivity index (χ1v) is 7.91.